The van der Waals surface area contributed by atoms with Crippen molar-refractivity contribution in [3.8, 4) is 5.75 Å². The Bertz CT molecular complexity index is 1950. The smallest absolute Gasteiger partial charge is 0.128 e. The Morgan fingerprint density at radius 1 is 0.720 bits per heavy atom. The summed E-state index contributed by atoms with van der Waals surface area (Å²) < 4.78 is 28.1. The van der Waals surface area contributed by atoms with Crippen molar-refractivity contribution in [3.05, 3.63) is 171 Å². The van der Waals surface area contributed by atoms with Crippen molar-refractivity contribution in [2.75, 3.05) is 6.61 Å². The topological polar surface area (TPSA) is 36.9 Å². The number of hydrogen-bond acceptors (Lipinski definition) is 5. The summed E-state index contributed by atoms with van der Waals surface area (Å²) in [6.07, 6.45) is 1.12. The highest BCUT2D eigenvalue weighted by Gasteiger charge is 2.40. The average molecular weight is 701 g/mol. The molecule has 1 fully saturated rings. The van der Waals surface area contributed by atoms with Gasteiger partial charge in [0.05, 0.1) is 38.1 Å². The highest BCUT2D eigenvalue weighted by molar-refractivity contribution is 7.19. The van der Waals surface area contributed by atoms with Gasteiger partial charge in [0.2, 0.25) is 0 Å². The molecule has 1 aliphatic rings. The van der Waals surface area contributed by atoms with Crippen molar-refractivity contribution in [3.63, 3.8) is 0 Å². The number of hydrogen-bond donors (Lipinski definition) is 0. The van der Waals surface area contributed by atoms with Crippen molar-refractivity contribution in [1.82, 2.24) is 0 Å². The predicted octanol–water partition coefficient (Wildman–Crippen LogP) is 10.6. The number of thiophene rings is 1. The van der Waals surface area contributed by atoms with Crippen LogP contribution < -0.4 is 4.74 Å². The van der Waals surface area contributed by atoms with Crippen molar-refractivity contribution in [1.29, 1.82) is 0 Å². The van der Waals surface area contributed by atoms with Crippen molar-refractivity contribution < 1.29 is 18.9 Å². The SMILES string of the molecule is Cc1c(Cc2cc3ccccc3s2)cc([C@@H]2O[C@H](COCc3ccccc3)C[C@H](OCc3ccccc3)[C@H]2P)c(OCc2ccccc2)c1C. The molecule has 2 heterocycles. The predicted molar refractivity (Wildman–Crippen MR) is 208 cm³/mol. The van der Waals surface area contributed by atoms with Crippen molar-refractivity contribution >= 4 is 30.7 Å². The molecule has 0 N–H and O–H groups in total. The fourth-order valence-corrected chi connectivity index (χ4v) is 8.46. The van der Waals surface area contributed by atoms with Gasteiger partial charge in [0.15, 0.2) is 0 Å². The molecule has 1 aliphatic heterocycles. The third kappa shape index (κ3) is 8.37. The molecule has 5 atom stereocenters. The molecule has 0 saturated carbocycles. The number of benzene rings is 5. The van der Waals surface area contributed by atoms with Crippen LogP contribution in [0.3, 0.4) is 0 Å². The molecule has 0 aliphatic carbocycles. The summed E-state index contributed by atoms with van der Waals surface area (Å²) in [7, 11) is 3.09. The fourth-order valence-electron chi connectivity index (χ4n) is 6.81. The van der Waals surface area contributed by atoms with Crippen LogP contribution in [-0.4, -0.2) is 24.5 Å². The summed E-state index contributed by atoms with van der Waals surface area (Å²) in [5, 5.41) is 1.29. The molecule has 0 amide bonds. The van der Waals surface area contributed by atoms with Gasteiger partial charge < -0.3 is 18.9 Å². The summed E-state index contributed by atoms with van der Waals surface area (Å²) in [4.78, 5) is 1.35. The fraction of sp³-hybridized carbons (Fsp3) is 0.273. The minimum Gasteiger partial charge on any atom is -0.488 e. The molecule has 256 valence electrons. The number of rotatable bonds is 13. The van der Waals surface area contributed by atoms with Gasteiger partial charge in [0.1, 0.15) is 12.4 Å². The van der Waals surface area contributed by atoms with Crippen LogP contribution in [0, 0.1) is 13.8 Å². The van der Waals surface area contributed by atoms with E-state index in [1.54, 1.807) is 0 Å². The van der Waals surface area contributed by atoms with Gasteiger partial charge in [-0.2, -0.15) is 0 Å². The first kappa shape index (κ1) is 34.6. The quantitative estimate of drug-likeness (QED) is 0.112. The summed E-state index contributed by atoms with van der Waals surface area (Å²) >= 11 is 1.87. The molecule has 50 heavy (non-hydrogen) atoms. The second-order valence-electron chi connectivity index (χ2n) is 13.2. The second kappa shape index (κ2) is 16.5. The first-order valence-electron chi connectivity index (χ1n) is 17.5. The summed E-state index contributed by atoms with van der Waals surface area (Å²) in [6, 6.07) is 44.4. The van der Waals surface area contributed by atoms with E-state index >= 15 is 0 Å². The lowest BCUT2D eigenvalue weighted by molar-refractivity contribution is -0.138. The standard InChI is InChI=1S/C44H45O4PS/c1-30-31(2)42(47-28-34-18-10-5-11-19-34)39(24-36(30)23-38-22-35-20-12-13-21-41(35)50-38)43-44(49)40(46-27-33-16-8-4-9-17-33)25-37(48-43)29-45-26-32-14-6-3-7-15-32/h3-22,24,37,40,43-44H,23,25-29,49H2,1-2H3/t37-,40-,43-,44+/m0/s1. The first-order chi connectivity index (χ1) is 24.5. The van der Waals surface area contributed by atoms with E-state index in [1.165, 1.54) is 26.1 Å². The van der Waals surface area contributed by atoms with Crippen LogP contribution in [0.4, 0.5) is 0 Å². The highest BCUT2D eigenvalue weighted by Crippen LogP contribution is 2.45. The van der Waals surface area contributed by atoms with E-state index in [9.17, 15) is 0 Å². The Labute approximate surface area is 302 Å². The normalized spacial score (nSPS) is 19.1. The molecule has 7 rings (SSSR count). The molecule has 6 aromatic rings. The molecule has 1 unspecified atom stereocenters. The van der Waals surface area contributed by atoms with E-state index in [0.29, 0.717) is 26.4 Å². The van der Waals surface area contributed by atoms with E-state index < -0.39 is 0 Å². The third-order valence-electron chi connectivity index (χ3n) is 9.69. The Kier molecular flexibility index (Phi) is 11.4. The van der Waals surface area contributed by atoms with Crippen LogP contribution in [0.5, 0.6) is 5.75 Å². The first-order valence-corrected chi connectivity index (χ1v) is 19.0. The molecule has 5 aromatic carbocycles. The second-order valence-corrected chi connectivity index (χ2v) is 15.2. The van der Waals surface area contributed by atoms with E-state index in [-0.39, 0.29) is 24.0 Å². The van der Waals surface area contributed by atoms with Gasteiger partial charge in [-0.15, -0.1) is 20.6 Å². The van der Waals surface area contributed by atoms with E-state index in [1.807, 2.05) is 41.7 Å². The molecule has 0 spiro atoms. The van der Waals surface area contributed by atoms with E-state index in [2.05, 4.69) is 120 Å². The molecule has 1 saturated heterocycles. The van der Waals surface area contributed by atoms with Gasteiger partial charge in [-0.05, 0) is 70.8 Å². The van der Waals surface area contributed by atoms with Gasteiger partial charge in [-0.25, -0.2) is 0 Å². The van der Waals surface area contributed by atoms with Crippen molar-refractivity contribution in [2.45, 2.75) is 70.5 Å². The third-order valence-corrected chi connectivity index (χ3v) is 11.6. The van der Waals surface area contributed by atoms with Crippen LogP contribution >= 0.6 is 20.6 Å². The Hall–Kier alpha value is -3.83. The zero-order chi connectivity index (χ0) is 34.3. The zero-order valence-corrected chi connectivity index (χ0v) is 30.8. The molecule has 0 bridgehead atoms. The molecule has 1 aromatic heterocycles. The Morgan fingerprint density at radius 2 is 1.34 bits per heavy atom. The van der Waals surface area contributed by atoms with Crippen LogP contribution in [0.1, 0.15) is 56.3 Å². The number of fused-ring (bicyclic) bond motifs is 1. The molecule has 0 radical (unpaired) electrons. The lowest BCUT2D eigenvalue weighted by Crippen LogP contribution is -2.43. The van der Waals surface area contributed by atoms with Crippen LogP contribution in [0.2, 0.25) is 0 Å². The minimum atomic E-state index is -0.272. The van der Waals surface area contributed by atoms with E-state index in [0.717, 1.165) is 46.4 Å². The summed E-state index contributed by atoms with van der Waals surface area (Å²) in [6.45, 7) is 6.46. The van der Waals surface area contributed by atoms with Crippen LogP contribution in [-0.2, 0) is 40.5 Å². The highest BCUT2D eigenvalue weighted by atomic mass is 32.1. The molecular formula is C44H45O4PS. The Morgan fingerprint density at radius 3 is 2.02 bits per heavy atom. The van der Waals surface area contributed by atoms with Gasteiger partial charge in [-0.1, -0.05) is 109 Å². The summed E-state index contributed by atoms with van der Waals surface area (Å²) in [5.74, 6) is 0.900. The lowest BCUT2D eigenvalue weighted by atomic mass is 9.89. The van der Waals surface area contributed by atoms with Gasteiger partial charge in [0, 0.05) is 33.6 Å². The number of ether oxygens (including phenoxy) is 4. The average Bonchev–Trinajstić information content (AvgIpc) is 3.57. The maximum atomic E-state index is 7.04. The Balaban J connectivity index is 1.22. The lowest BCUT2D eigenvalue weighted by Gasteiger charge is -2.41. The molecule has 6 heteroatoms. The summed E-state index contributed by atoms with van der Waals surface area (Å²) in [5.41, 5.74) is 8.22. The van der Waals surface area contributed by atoms with Gasteiger partial charge >= 0.3 is 0 Å². The minimum absolute atomic E-state index is 0.00226. The maximum absolute atomic E-state index is 7.04. The van der Waals surface area contributed by atoms with Crippen molar-refractivity contribution in [2.24, 2.45) is 0 Å². The monoisotopic (exact) mass is 700 g/mol. The maximum Gasteiger partial charge on any atom is 0.128 e. The largest absolute Gasteiger partial charge is 0.488 e. The molecule has 4 nitrogen and oxygen atoms in total. The van der Waals surface area contributed by atoms with E-state index in [4.69, 9.17) is 18.9 Å². The molecular weight excluding hydrogens is 656 g/mol. The van der Waals surface area contributed by atoms with Gasteiger partial charge in [0.25, 0.3) is 0 Å². The zero-order valence-electron chi connectivity index (χ0n) is 28.8. The van der Waals surface area contributed by atoms with Crippen LogP contribution in [0.15, 0.2) is 127 Å². The van der Waals surface area contributed by atoms with Crippen LogP contribution in [0.25, 0.3) is 10.1 Å². The van der Waals surface area contributed by atoms with Gasteiger partial charge in [-0.3, -0.25) is 0 Å².